The van der Waals surface area contributed by atoms with Crippen molar-refractivity contribution in [2.75, 3.05) is 18.9 Å². The Morgan fingerprint density at radius 1 is 1.61 bits per heavy atom. The van der Waals surface area contributed by atoms with Gasteiger partial charge in [-0.15, -0.1) is 0 Å². The fourth-order valence-electron chi connectivity index (χ4n) is 2.37. The van der Waals surface area contributed by atoms with Crippen LogP contribution in [0.3, 0.4) is 0 Å². The number of hydrogen-bond acceptors (Lipinski definition) is 4. The van der Waals surface area contributed by atoms with Gasteiger partial charge in [0.2, 0.25) is 0 Å². The standard InChI is InChI=1S/C13H19N3O2/c1-2-10-6-9(7-12(14)15-10)13(18)16-5-3-4-11(16)8-17/h6-7,11,17H,2-5,8H2,1H3,(H2,14,15). The first-order chi connectivity index (χ1) is 8.65. The van der Waals surface area contributed by atoms with Crippen LogP contribution >= 0.6 is 0 Å². The number of pyridine rings is 1. The third-order valence-electron chi connectivity index (χ3n) is 3.36. The Morgan fingerprint density at radius 2 is 2.39 bits per heavy atom. The fraction of sp³-hybridized carbons (Fsp3) is 0.538. The lowest BCUT2D eigenvalue weighted by atomic mass is 10.1. The molecule has 1 aromatic heterocycles. The largest absolute Gasteiger partial charge is 0.394 e. The zero-order valence-corrected chi connectivity index (χ0v) is 10.6. The quantitative estimate of drug-likeness (QED) is 0.831. The van der Waals surface area contributed by atoms with E-state index in [-0.39, 0.29) is 18.6 Å². The number of nitrogens with two attached hydrogens (primary N) is 1. The number of likely N-dealkylation sites (tertiary alicyclic amines) is 1. The second-order valence-electron chi connectivity index (χ2n) is 4.60. The lowest BCUT2D eigenvalue weighted by molar-refractivity contribution is 0.0677. The van der Waals surface area contributed by atoms with Crippen LogP contribution < -0.4 is 5.73 Å². The fourth-order valence-corrected chi connectivity index (χ4v) is 2.37. The average Bonchev–Trinajstić information content (AvgIpc) is 2.85. The van der Waals surface area contributed by atoms with Crippen LogP contribution in [0.25, 0.3) is 0 Å². The molecule has 2 rings (SSSR count). The highest BCUT2D eigenvalue weighted by Crippen LogP contribution is 2.20. The van der Waals surface area contributed by atoms with Gasteiger partial charge < -0.3 is 15.7 Å². The number of aliphatic hydroxyl groups excluding tert-OH is 1. The third-order valence-corrected chi connectivity index (χ3v) is 3.36. The molecule has 0 aliphatic carbocycles. The van der Waals surface area contributed by atoms with Crippen LogP contribution in [-0.2, 0) is 6.42 Å². The van der Waals surface area contributed by atoms with Crippen molar-refractivity contribution in [1.82, 2.24) is 9.88 Å². The average molecular weight is 249 g/mol. The maximum atomic E-state index is 12.4. The highest BCUT2D eigenvalue weighted by Gasteiger charge is 2.29. The van der Waals surface area contributed by atoms with Crippen LogP contribution in [0.15, 0.2) is 12.1 Å². The predicted octanol–water partition coefficient (Wildman–Crippen LogP) is 0.823. The normalized spacial score (nSPS) is 19.2. The molecule has 1 aliphatic rings. The monoisotopic (exact) mass is 249 g/mol. The molecule has 18 heavy (non-hydrogen) atoms. The minimum absolute atomic E-state index is 0.0208. The molecule has 1 saturated heterocycles. The molecule has 0 bridgehead atoms. The summed E-state index contributed by atoms with van der Waals surface area (Å²) in [5, 5.41) is 9.26. The van der Waals surface area contributed by atoms with Gasteiger partial charge in [0.25, 0.3) is 5.91 Å². The van der Waals surface area contributed by atoms with Crippen molar-refractivity contribution in [3.63, 3.8) is 0 Å². The third kappa shape index (κ3) is 2.46. The maximum Gasteiger partial charge on any atom is 0.254 e. The Kier molecular flexibility index (Phi) is 3.81. The van der Waals surface area contributed by atoms with E-state index < -0.39 is 0 Å². The number of nitrogens with zero attached hydrogens (tertiary/aromatic N) is 2. The van der Waals surface area contributed by atoms with Gasteiger partial charge in [0.1, 0.15) is 5.82 Å². The molecule has 1 atom stereocenters. The summed E-state index contributed by atoms with van der Waals surface area (Å²) < 4.78 is 0. The topological polar surface area (TPSA) is 79.5 Å². The Balaban J connectivity index is 2.25. The first-order valence-electron chi connectivity index (χ1n) is 6.34. The van der Waals surface area contributed by atoms with Gasteiger partial charge in [-0.2, -0.15) is 0 Å². The van der Waals surface area contributed by atoms with Gasteiger partial charge in [0, 0.05) is 17.8 Å². The van der Waals surface area contributed by atoms with E-state index in [0.29, 0.717) is 17.9 Å². The summed E-state index contributed by atoms with van der Waals surface area (Å²) in [6.07, 6.45) is 2.55. The Bertz CT molecular complexity index is 448. The summed E-state index contributed by atoms with van der Waals surface area (Å²) in [6.45, 7) is 2.70. The first kappa shape index (κ1) is 12.8. The molecule has 98 valence electrons. The second kappa shape index (κ2) is 5.35. The number of hydrogen-bond donors (Lipinski definition) is 2. The SMILES string of the molecule is CCc1cc(C(=O)N2CCCC2CO)cc(N)n1. The zero-order valence-electron chi connectivity index (χ0n) is 10.6. The smallest absolute Gasteiger partial charge is 0.254 e. The molecule has 3 N–H and O–H groups in total. The summed E-state index contributed by atoms with van der Waals surface area (Å²) in [4.78, 5) is 18.3. The molecule has 1 amide bonds. The summed E-state index contributed by atoms with van der Waals surface area (Å²) in [5.74, 6) is 0.313. The molecule has 0 aromatic carbocycles. The van der Waals surface area contributed by atoms with Gasteiger partial charge in [-0.1, -0.05) is 6.92 Å². The van der Waals surface area contributed by atoms with Crippen molar-refractivity contribution in [2.24, 2.45) is 0 Å². The second-order valence-corrected chi connectivity index (χ2v) is 4.60. The van der Waals surface area contributed by atoms with Crippen LogP contribution in [0.1, 0.15) is 35.8 Å². The number of amides is 1. The van der Waals surface area contributed by atoms with E-state index in [1.807, 2.05) is 6.92 Å². The van der Waals surface area contributed by atoms with E-state index >= 15 is 0 Å². The van der Waals surface area contributed by atoms with Crippen molar-refractivity contribution in [3.05, 3.63) is 23.4 Å². The van der Waals surface area contributed by atoms with E-state index in [2.05, 4.69) is 4.98 Å². The van der Waals surface area contributed by atoms with Gasteiger partial charge in [-0.25, -0.2) is 4.98 Å². The number of rotatable bonds is 3. The van der Waals surface area contributed by atoms with Gasteiger partial charge in [-0.05, 0) is 31.4 Å². The number of carbonyl (C=O) groups excluding carboxylic acids is 1. The van der Waals surface area contributed by atoms with Crippen LogP contribution in [0.5, 0.6) is 0 Å². The van der Waals surface area contributed by atoms with Crippen molar-refractivity contribution in [2.45, 2.75) is 32.2 Å². The minimum Gasteiger partial charge on any atom is -0.394 e. The van der Waals surface area contributed by atoms with Crippen molar-refractivity contribution < 1.29 is 9.90 Å². The van der Waals surface area contributed by atoms with Gasteiger partial charge in [0.15, 0.2) is 0 Å². The summed E-state index contributed by atoms with van der Waals surface area (Å²) in [5.41, 5.74) is 7.09. The Hall–Kier alpha value is -1.62. The molecule has 1 aliphatic heterocycles. The lowest BCUT2D eigenvalue weighted by Gasteiger charge is -2.23. The highest BCUT2D eigenvalue weighted by molar-refractivity contribution is 5.95. The van der Waals surface area contributed by atoms with E-state index in [9.17, 15) is 9.90 Å². The molecule has 1 fully saturated rings. The molecule has 0 radical (unpaired) electrons. The number of aliphatic hydroxyl groups is 1. The van der Waals surface area contributed by atoms with Gasteiger partial charge >= 0.3 is 0 Å². The summed E-state index contributed by atoms with van der Waals surface area (Å²) in [6, 6.07) is 3.33. The van der Waals surface area contributed by atoms with Crippen molar-refractivity contribution in [3.8, 4) is 0 Å². The van der Waals surface area contributed by atoms with E-state index in [1.54, 1.807) is 17.0 Å². The molecule has 5 heteroatoms. The highest BCUT2D eigenvalue weighted by atomic mass is 16.3. The number of aromatic nitrogens is 1. The number of anilines is 1. The summed E-state index contributed by atoms with van der Waals surface area (Å²) >= 11 is 0. The Labute approximate surface area is 107 Å². The molecular weight excluding hydrogens is 230 g/mol. The molecule has 5 nitrogen and oxygen atoms in total. The van der Waals surface area contributed by atoms with Crippen LogP contribution in [0.4, 0.5) is 5.82 Å². The molecule has 2 heterocycles. The molecule has 1 aromatic rings. The molecule has 0 spiro atoms. The zero-order chi connectivity index (χ0) is 13.1. The number of aryl methyl sites for hydroxylation is 1. The van der Waals surface area contributed by atoms with Gasteiger partial charge in [-0.3, -0.25) is 4.79 Å². The molecular formula is C13H19N3O2. The van der Waals surface area contributed by atoms with E-state index in [1.165, 1.54) is 0 Å². The van der Waals surface area contributed by atoms with Crippen LogP contribution in [-0.4, -0.2) is 40.1 Å². The first-order valence-corrected chi connectivity index (χ1v) is 6.34. The predicted molar refractivity (Wildman–Crippen MR) is 69.2 cm³/mol. The van der Waals surface area contributed by atoms with E-state index in [4.69, 9.17) is 5.73 Å². The lowest BCUT2D eigenvalue weighted by Crippen LogP contribution is -2.37. The molecule has 0 saturated carbocycles. The van der Waals surface area contributed by atoms with Crippen molar-refractivity contribution >= 4 is 11.7 Å². The van der Waals surface area contributed by atoms with Crippen LogP contribution in [0.2, 0.25) is 0 Å². The molecule has 1 unspecified atom stereocenters. The van der Waals surface area contributed by atoms with E-state index in [0.717, 1.165) is 25.0 Å². The maximum absolute atomic E-state index is 12.4. The number of carbonyl (C=O) groups is 1. The van der Waals surface area contributed by atoms with Crippen LogP contribution in [0, 0.1) is 0 Å². The minimum atomic E-state index is -0.0599. The number of nitrogen functional groups attached to an aromatic ring is 1. The summed E-state index contributed by atoms with van der Waals surface area (Å²) in [7, 11) is 0. The van der Waals surface area contributed by atoms with Crippen molar-refractivity contribution in [1.29, 1.82) is 0 Å². The van der Waals surface area contributed by atoms with Gasteiger partial charge in [0.05, 0.1) is 12.6 Å². The Morgan fingerprint density at radius 3 is 3.06 bits per heavy atom.